The number of nitrogens with zero attached hydrogens (tertiary/aromatic N) is 3. The predicted octanol–water partition coefficient (Wildman–Crippen LogP) is 4.87. The summed E-state index contributed by atoms with van der Waals surface area (Å²) in [7, 11) is 1.94. The second-order valence-corrected chi connectivity index (χ2v) is 8.11. The van der Waals surface area contributed by atoms with Gasteiger partial charge in [-0.3, -0.25) is 4.79 Å². The lowest BCUT2D eigenvalue weighted by Crippen LogP contribution is -2.13. The number of para-hydroxylation sites is 1. The first-order valence-corrected chi connectivity index (χ1v) is 10.4. The lowest BCUT2D eigenvalue weighted by Gasteiger charge is -2.09. The van der Waals surface area contributed by atoms with Gasteiger partial charge in [-0.05, 0) is 29.5 Å². The van der Waals surface area contributed by atoms with Gasteiger partial charge in [-0.15, -0.1) is 11.3 Å². The van der Waals surface area contributed by atoms with Crippen molar-refractivity contribution in [3.63, 3.8) is 0 Å². The van der Waals surface area contributed by atoms with Gasteiger partial charge < -0.3 is 9.88 Å². The summed E-state index contributed by atoms with van der Waals surface area (Å²) >= 11 is 3.01. The third-order valence-electron chi connectivity index (χ3n) is 4.10. The fourth-order valence-electron chi connectivity index (χ4n) is 2.66. The first kappa shape index (κ1) is 18.5. The third-order valence-corrected chi connectivity index (χ3v) is 6.10. The highest BCUT2D eigenvalue weighted by Gasteiger charge is 2.14. The molecule has 2 aromatic heterocycles. The van der Waals surface area contributed by atoms with Crippen LogP contribution in [0.4, 0.5) is 5.69 Å². The lowest BCUT2D eigenvalue weighted by atomic mass is 10.2. The second kappa shape index (κ2) is 8.41. The van der Waals surface area contributed by atoms with Crippen LogP contribution < -0.4 is 5.32 Å². The van der Waals surface area contributed by atoms with Gasteiger partial charge in [-0.2, -0.15) is 0 Å². The average Bonchev–Trinajstić information content (AvgIpc) is 3.33. The summed E-state index contributed by atoms with van der Waals surface area (Å²) in [5, 5.41) is 6.58. The van der Waals surface area contributed by atoms with Crippen molar-refractivity contribution in [1.82, 2.24) is 14.5 Å². The molecule has 0 unspecified atom stereocenters. The Morgan fingerprint density at radius 3 is 2.71 bits per heavy atom. The van der Waals surface area contributed by atoms with Gasteiger partial charge in [0.1, 0.15) is 5.69 Å². The highest BCUT2D eigenvalue weighted by atomic mass is 32.2. The molecule has 5 nitrogen and oxygen atoms in total. The SMILES string of the molecule is Cn1ccnc1Sc1ccccc1NC(=O)c1csc(Cc2ccccc2)n1. The third kappa shape index (κ3) is 4.32. The van der Waals surface area contributed by atoms with E-state index in [2.05, 4.69) is 27.4 Å². The van der Waals surface area contributed by atoms with Gasteiger partial charge in [0.15, 0.2) is 5.16 Å². The maximum atomic E-state index is 12.7. The van der Waals surface area contributed by atoms with Crippen molar-refractivity contribution in [2.45, 2.75) is 16.5 Å². The molecule has 1 N–H and O–H groups in total. The minimum absolute atomic E-state index is 0.205. The van der Waals surface area contributed by atoms with Gasteiger partial charge in [0.2, 0.25) is 0 Å². The molecule has 4 aromatic rings. The van der Waals surface area contributed by atoms with E-state index >= 15 is 0 Å². The summed E-state index contributed by atoms with van der Waals surface area (Å²) in [6.45, 7) is 0. The molecular weight excluding hydrogens is 388 g/mol. The van der Waals surface area contributed by atoms with E-state index in [4.69, 9.17) is 0 Å². The zero-order valence-corrected chi connectivity index (χ0v) is 16.8. The number of anilines is 1. The van der Waals surface area contributed by atoms with E-state index < -0.39 is 0 Å². The molecule has 0 saturated heterocycles. The van der Waals surface area contributed by atoms with Crippen LogP contribution in [0.2, 0.25) is 0 Å². The number of aromatic nitrogens is 3. The van der Waals surface area contributed by atoms with Crippen LogP contribution in [0.25, 0.3) is 0 Å². The second-order valence-electron chi connectivity index (χ2n) is 6.16. The number of carbonyl (C=O) groups is 1. The molecule has 0 aliphatic rings. The van der Waals surface area contributed by atoms with Crippen LogP contribution in [0.15, 0.2) is 82.4 Å². The summed E-state index contributed by atoms with van der Waals surface area (Å²) in [5.41, 5.74) is 2.37. The highest BCUT2D eigenvalue weighted by Crippen LogP contribution is 2.32. The number of nitrogens with one attached hydrogen (secondary N) is 1. The summed E-state index contributed by atoms with van der Waals surface area (Å²) in [5.74, 6) is -0.205. The van der Waals surface area contributed by atoms with E-state index in [0.29, 0.717) is 5.69 Å². The van der Waals surface area contributed by atoms with Gasteiger partial charge in [-0.1, -0.05) is 42.5 Å². The Hall–Kier alpha value is -2.90. The van der Waals surface area contributed by atoms with Gasteiger partial charge in [0.25, 0.3) is 5.91 Å². The molecule has 0 spiro atoms. The maximum absolute atomic E-state index is 12.7. The van der Waals surface area contributed by atoms with Gasteiger partial charge in [-0.25, -0.2) is 9.97 Å². The monoisotopic (exact) mass is 406 g/mol. The number of amides is 1. The normalized spacial score (nSPS) is 10.8. The van der Waals surface area contributed by atoms with Crippen LogP contribution in [0.3, 0.4) is 0 Å². The number of hydrogen-bond acceptors (Lipinski definition) is 5. The maximum Gasteiger partial charge on any atom is 0.275 e. The van der Waals surface area contributed by atoms with Crippen molar-refractivity contribution < 1.29 is 4.79 Å². The fraction of sp³-hybridized carbons (Fsp3) is 0.0952. The molecule has 0 aliphatic carbocycles. The van der Waals surface area contributed by atoms with E-state index in [-0.39, 0.29) is 5.91 Å². The van der Waals surface area contributed by atoms with Crippen molar-refractivity contribution in [2.24, 2.45) is 7.05 Å². The minimum atomic E-state index is -0.205. The summed E-state index contributed by atoms with van der Waals surface area (Å²) < 4.78 is 1.94. The molecular formula is C21H18N4OS2. The standard InChI is InChI=1S/C21H18N4OS2/c1-25-12-11-22-21(25)28-18-10-6-5-9-16(18)24-20(26)17-14-27-19(23-17)13-15-7-3-2-4-8-15/h2-12,14H,13H2,1H3,(H,24,26). The first-order valence-electron chi connectivity index (χ1n) is 8.73. The Labute approximate surface area is 171 Å². The molecule has 2 aromatic carbocycles. The number of thiazole rings is 1. The Bertz CT molecular complexity index is 1090. The Balaban J connectivity index is 1.48. The van der Waals surface area contributed by atoms with Crippen molar-refractivity contribution in [3.8, 4) is 0 Å². The quantitative estimate of drug-likeness (QED) is 0.496. The van der Waals surface area contributed by atoms with E-state index in [1.807, 2.05) is 65.7 Å². The van der Waals surface area contributed by atoms with Crippen LogP contribution in [0, 0.1) is 0 Å². The van der Waals surface area contributed by atoms with Crippen LogP contribution in [-0.2, 0) is 13.5 Å². The lowest BCUT2D eigenvalue weighted by molar-refractivity contribution is 0.102. The molecule has 0 aliphatic heterocycles. The van der Waals surface area contributed by atoms with E-state index in [9.17, 15) is 4.79 Å². The topological polar surface area (TPSA) is 59.8 Å². The van der Waals surface area contributed by atoms with Gasteiger partial charge in [0, 0.05) is 36.1 Å². The first-order chi connectivity index (χ1) is 13.7. The van der Waals surface area contributed by atoms with E-state index in [0.717, 1.165) is 27.2 Å². The van der Waals surface area contributed by atoms with E-state index in [1.54, 1.807) is 6.20 Å². The van der Waals surface area contributed by atoms with Gasteiger partial charge in [0.05, 0.1) is 10.7 Å². The van der Waals surface area contributed by atoms with Gasteiger partial charge >= 0.3 is 0 Å². The zero-order valence-electron chi connectivity index (χ0n) is 15.2. The number of benzene rings is 2. The molecule has 4 rings (SSSR count). The molecule has 0 saturated carbocycles. The fourth-order valence-corrected chi connectivity index (χ4v) is 4.36. The summed E-state index contributed by atoms with van der Waals surface area (Å²) in [6.07, 6.45) is 4.38. The number of imidazole rings is 1. The number of carbonyl (C=O) groups excluding carboxylic acids is 1. The minimum Gasteiger partial charge on any atom is -0.329 e. The number of rotatable bonds is 6. The summed E-state index contributed by atoms with van der Waals surface area (Å²) in [4.78, 5) is 22.5. The predicted molar refractivity (Wildman–Crippen MR) is 113 cm³/mol. The van der Waals surface area contributed by atoms with Crippen molar-refractivity contribution in [3.05, 3.63) is 88.6 Å². The van der Waals surface area contributed by atoms with Crippen molar-refractivity contribution in [1.29, 1.82) is 0 Å². The van der Waals surface area contributed by atoms with Crippen molar-refractivity contribution >= 4 is 34.7 Å². The molecule has 0 bridgehead atoms. The molecule has 1 amide bonds. The Morgan fingerprint density at radius 1 is 1.14 bits per heavy atom. The Kier molecular flexibility index (Phi) is 5.55. The zero-order chi connectivity index (χ0) is 19.3. The molecule has 0 atom stereocenters. The van der Waals surface area contributed by atoms with Crippen LogP contribution in [-0.4, -0.2) is 20.4 Å². The smallest absolute Gasteiger partial charge is 0.275 e. The van der Waals surface area contributed by atoms with Crippen LogP contribution in [0.1, 0.15) is 21.1 Å². The highest BCUT2D eigenvalue weighted by molar-refractivity contribution is 7.99. The average molecular weight is 407 g/mol. The molecule has 7 heteroatoms. The largest absolute Gasteiger partial charge is 0.329 e. The molecule has 28 heavy (non-hydrogen) atoms. The summed E-state index contributed by atoms with van der Waals surface area (Å²) in [6, 6.07) is 17.8. The number of aryl methyl sites for hydroxylation is 1. The molecule has 0 radical (unpaired) electrons. The van der Waals surface area contributed by atoms with Crippen LogP contribution in [0.5, 0.6) is 0 Å². The molecule has 0 fully saturated rings. The van der Waals surface area contributed by atoms with Crippen molar-refractivity contribution in [2.75, 3.05) is 5.32 Å². The molecule has 2 heterocycles. The van der Waals surface area contributed by atoms with E-state index in [1.165, 1.54) is 28.7 Å². The van der Waals surface area contributed by atoms with Crippen LogP contribution >= 0.6 is 23.1 Å². The number of hydrogen-bond donors (Lipinski definition) is 1. The molecule has 140 valence electrons. The Morgan fingerprint density at radius 2 is 1.93 bits per heavy atom.